The van der Waals surface area contributed by atoms with Gasteiger partial charge in [0.25, 0.3) is 9.84 Å². The van der Waals surface area contributed by atoms with Crippen LogP contribution < -0.4 is 5.32 Å². The highest BCUT2D eigenvalue weighted by molar-refractivity contribution is 7.92. The summed E-state index contributed by atoms with van der Waals surface area (Å²) in [7, 11) is -5.31. The van der Waals surface area contributed by atoms with Gasteiger partial charge in [-0.25, -0.2) is 8.42 Å². The zero-order chi connectivity index (χ0) is 15.6. The first-order valence-electron chi connectivity index (χ1n) is 5.90. The Kier molecular flexibility index (Phi) is 5.04. The Morgan fingerprint density at radius 1 is 1.20 bits per heavy atom. The SMILES string of the molecule is CC(O)CC(C)Nc1ccc(S(=O)(=O)C(F)(F)F)cc1. The third-order valence-corrected chi connectivity index (χ3v) is 4.08. The molecule has 0 aliphatic carbocycles. The van der Waals surface area contributed by atoms with Crippen molar-refractivity contribution >= 4 is 15.5 Å². The monoisotopic (exact) mass is 311 g/mol. The number of hydrogen-bond donors (Lipinski definition) is 2. The van der Waals surface area contributed by atoms with E-state index in [0.29, 0.717) is 12.1 Å². The molecule has 0 aromatic heterocycles. The van der Waals surface area contributed by atoms with E-state index in [1.807, 2.05) is 0 Å². The number of aliphatic hydroxyl groups excluding tert-OH is 1. The summed E-state index contributed by atoms with van der Waals surface area (Å²) >= 11 is 0. The van der Waals surface area contributed by atoms with E-state index in [0.717, 1.165) is 12.1 Å². The van der Waals surface area contributed by atoms with Crippen LogP contribution in [0.3, 0.4) is 0 Å². The third-order valence-electron chi connectivity index (χ3n) is 2.58. The molecule has 1 aromatic rings. The Morgan fingerprint density at radius 2 is 1.70 bits per heavy atom. The van der Waals surface area contributed by atoms with Crippen LogP contribution in [0, 0.1) is 0 Å². The molecule has 0 saturated carbocycles. The molecule has 0 spiro atoms. The van der Waals surface area contributed by atoms with E-state index >= 15 is 0 Å². The van der Waals surface area contributed by atoms with Crippen LogP contribution >= 0.6 is 0 Å². The van der Waals surface area contributed by atoms with Crippen LogP contribution in [0.4, 0.5) is 18.9 Å². The number of rotatable bonds is 5. The smallest absolute Gasteiger partial charge is 0.393 e. The first kappa shape index (κ1) is 16.8. The molecule has 1 rings (SSSR count). The third kappa shape index (κ3) is 4.11. The van der Waals surface area contributed by atoms with Crippen molar-refractivity contribution in [1.29, 1.82) is 0 Å². The van der Waals surface area contributed by atoms with E-state index < -0.39 is 26.3 Å². The molecule has 0 fully saturated rings. The molecule has 0 saturated heterocycles. The van der Waals surface area contributed by atoms with Gasteiger partial charge in [0.05, 0.1) is 11.0 Å². The molecule has 0 aliphatic heterocycles. The average molecular weight is 311 g/mol. The minimum absolute atomic E-state index is 0.0972. The van der Waals surface area contributed by atoms with E-state index in [2.05, 4.69) is 5.32 Å². The summed E-state index contributed by atoms with van der Waals surface area (Å²) in [6.07, 6.45) is -0.0508. The van der Waals surface area contributed by atoms with Crippen LogP contribution in [0.5, 0.6) is 0 Å². The van der Waals surface area contributed by atoms with Gasteiger partial charge in [0.2, 0.25) is 0 Å². The summed E-state index contributed by atoms with van der Waals surface area (Å²) in [6.45, 7) is 3.42. The molecule has 0 amide bonds. The summed E-state index contributed by atoms with van der Waals surface area (Å²) in [5.41, 5.74) is -4.82. The number of nitrogens with one attached hydrogen (secondary N) is 1. The van der Waals surface area contributed by atoms with Gasteiger partial charge in [0.1, 0.15) is 0 Å². The topological polar surface area (TPSA) is 66.4 Å². The number of anilines is 1. The van der Waals surface area contributed by atoms with Gasteiger partial charge in [0, 0.05) is 11.7 Å². The Balaban J connectivity index is 2.85. The minimum atomic E-state index is -5.31. The van der Waals surface area contributed by atoms with Gasteiger partial charge >= 0.3 is 5.51 Å². The minimum Gasteiger partial charge on any atom is -0.393 e. The number of aliphatic hydroxyl groups is 1. The Morgan fingerprint density at radius 3 is 2.10 bits per heavy atom. The number of halogens is 3. The lowest BCUT2D eigenvalue weighted by Gasteiger charge is -2.17. The molecule has 20 heavy (non-hydrogen) atoms. The van der Waals surface area contributed by atoms with Crippen LogP contribution in [0.2, 0.25) is 0 Å². The van der Waals surface area contributed by atoms with Gasteiger partial charge in [-0.1, -0.05) is 0 Å². The fourth-order valence-electron chi connectivity index (χ4n) is 1.72. The lowest BCUT2D eigenvalue weighted by atomic mass is 10.1. The van der Waals surface area contributed by atoms with Crippen LogP contribution in [0.15, 0.2) is 29.2 Å². The van der Waals surface area contributed by atoms with E-state index in [4.69, 9.17) is 0 Å². The number of sulfone groups is 1. The predicted octanol–water partition coefficient (Wildman–Crippen LogP) is 2.55. The molecule has 1 aromatic carbocycles. The lowest BCUT2D eigenvalue weighted by Crippen LogP contribution is -2.23. The van der Waals surface area contributed by atoms with Crippen molar-refractivity contribution in [3.8, 4) is 0 Å². The molecule has 0 bridgehead atoms. The van der Waals surface area contributed by atoms with Crippen molar-refractivity contribution in [2.45, 2.75) is 42.8 Å². The normalized spacial score (nSPS) is 15.7. The van der Waals surface area contributed by atoms with E-state index in [1.54, 1.807) is 13.8 Å². The molecule has 0 heterocycles. The summed E-state index contributed by atoms with van der Waals surface area (Å²) < 4.78 is 59.3. The highest BCUT2D eigenvalue weighted by Gasteiger charge is 2.46. The zero-order valence-corrected chi connectivity index (χ0v) is 11.8. The second-order valence-corrected chi connectivity index (χ2v) is 6.54. The lowest BCUT2D eigenvalue weighted by molar-refractivity contribution is -0.0436. The molecule has 2 atom stereocenters. The molecular weight excluding hydrogens is 295 g/mol. The first-order valence-corrected chi connectivity index (χ1v) is 7.38. The molecule has 0 aliphatic rings. The molecule has 0 radical (unpaired) electrons. The first-order chi connectivity index (χ1) is 9.04. The van der Waals surface area contributed by atoms with Gasteiger partial charge in [-0.3, -0.25) is 0 Å². The second kappa shape index (κ2) is 6.01. The highest BCUT2D eigenvalue weighted by Crippen LogP contribution is 2.30. The van der Waals surface area contributed by atoms with Crippen molar-refractivity contribution in [2.75, 3.05) is 5.32 Å². The van der Waals surface area contributed by atoms with Crippen LogP contribution in [0.25, 0.3) is 0 Å². The maximum Gasteiger partial charge on any atom is 0.501 e. The highest BCUT2D eigenvalue weighted by atomic mass is 32.2. The Labute approximate surface area is 115 Å². The van der Waals surface area contributed by atoms with Gasteiger partial charge in [-0.05, 0) is 44.5 Å². The fraction of sp³-hybridized carbons (Fsp3) is 0.500. The van der Waals surface area contributed by atoms with Crippen LogP contribution in [0.1, 0.15) is 20.3 Å². The van der Waals surface area contributed by atoms with E-state index in [9.17, 15) is 26.7 Å². The van der Waals surface area contributed by atoms with Crippen LogP contribution in [-0.2, 0) is 9.84 Å². The molecule has 114 valence electrons. The van der Waals surface area contributed by atoms with Crippen molar-refractivity contribution in [2.24, 2.45) is 0 Å². The van der Waals surface area contributed by atoms with Gasteiger partial charge in [-0.15, -0.1) is 0 Å². The quantitative estimate of drug-likeness (QED) is 0.877. The molecule has 4 nitrogen and oxygen atoms in total. The van der Waals surface area contributed by atoms with Gasteiger partial charge < -0.3 is 10.4 Å². The van der Waals surface area contributed by atoms with Crippen LogP contribution in [-0.4, -0.2) is 31.2 Å². The molecular formula is C12H16F3NO3S. The standard InChI is InChI=1S/C12H16F3NO3S/c1-8(7-9(2)17)16-10-3-5-11(6-4-10)20(18,19)12(13,14)15/h3-6,8-9,16-17H,7H2,1-2H3. The molecule has 2 N–H and O–H groups in total. The van der Waals surface area contributed by atoms with Crippen molar-refractivity contribution in [3.05, 3.63) is 24.3 Å². The van der Waals surface area contributed by atoms with Crippen molar-refractivity contribution < 1.29 is 26.7 Å². The molecule has 8 heteroatoms. The zero-order valence-electron chi connectivity index (χ0n) is 11.0. The summed E-state index contributed by atoms with van der Waals surface area (Å²) in [4.78, 5) is -0.793. The van der Waals surface area contributed by atoms with E-state index in [-0.39, 0.29) is 6.04 Å². The second-order valence-electron chi connectivity index (χ2n) is 4.60. The Hall–Kier alpha value is -1.28. The van der Waals surface area contributed by atoms with Crippen molar-refractivity contribution in [1.82, 2.24) is 0 Å². The molecule has 2 unspecified atom stereocenters. The fourth-order valence-corrected chi connectivity index (χ4v) is 2.48. The van der Waals surface area contributed by atoms with Gasteiger partial charge in [0.15, 0.2) is 0 Å². The Bertz CT molecular complexity index is 538. The van der Waals surface area contributed by atoms with E-state index in [1.165, 1.54) is 12.1 Å². The largest absolute Gasteiger partial charge is 0.501 e. The maximum atomic E-state index is 12.3. The predicted molar refractivity (Wildman–Crippen MR) is 69.1 cm³/mol. The number of alkyl halides is 3. The average Bonchev–Trinajstić information content (AvgIpc) is 2.26. The number of hydrogen-bond acceptors (Lipinski definition) is 4. The van der Waals surface area contributed by atoms with Gasteiger partial charge in [-0.2, -0.15) is 13.2 Å². The summed E-state index contributed by atoms with van der Waals surface area (Å²) in [5.74, 6) is 0. The summed E-state index contributed by atoms with van der Waals surface area (Å²) in [6, 6.07) is 4.23. The van der Waals surface area contributed by atoms with Crippen molar-refractivity contribution in [3.63, 3.8) is 0 Å². The summed E-state index contributed by atoms with van der Waals surface area (Å²) in [5, 5.41) is 12.2. The number of benzene rings is 1. The maximum absolute atomic E-state index is 12.3.